The van der Waals surface area contributed by atoms with Crippen LogP contribution in [0.2, 0.25) is 0 Å². The molecule has 4 N–H and O–H groups in total. The molecule has 2 aromatic heterocycles. The molecule has 0 amide bonds. The van der Waals surface area contributed by atoms with Crippen molar-refractivity contribution in [2.24, 2.45) is 0 Å². The summed E-state index contributed by atoms with van der Waals surface area (Å²) in [4.78, 5) is 46.4. The Hall–Kier alpha value is -3.91. The second kappa shape index (κ2) is 9.27. The minimum atomic E-state index is -0.736. The standard InChI is InChI=1S/C20H19N7O3S/c1-2-26-18(29)15(14(28)11-31-19-24-9-13(8-21)16(22)25-19)17(23)27(20(26)30)10-12-6-4-3-5-7-12/h3-7,9H,2,10-11,23H2,1H3,(H2,22,24,25). The van der Waals surface area contributed by atoms with E-state index in [2.05, 4.69) is 9.97 Å². The van der Waals surface area contributed by atoms with Crippen molar-refractivity contribution in [3.05, 3.63) is 74.1 Å². The van der Waals surface area contributed by atoms with Gasteiger partial charge < -0.3 is 11.5 Å². The minimum Gasteiger partial charge on any atom is -0.384 e. The predicted octanol–water partition coefficient (Wildman–Crippen LogP) is 0.879. The van der Waals surface area contributed by atoms with Crippen LogP contribution in [0.3, 0.4) is 0 Å². The first-order valence-corrected chi connectivity index (χ1v) is 10.2. The van der Waals surface area contributed by atoms with Crippen molar-refractivity contribution in [2.45, 2.75) is 25.2 Å². The molecule has 0 aliphatic carbocycles. The van der Waals surface area contributed by atoms with Crippen molar-refractivity contribution in [1.29, 1.82) is 5.26 Å². The van der Waals surface area contributed by atoms with E-state index in [1.807, 2.05) is 36.4 Å². The van der Waals surface area contributed by atoms with Gasteiger partial charge in [-0.3, -0.25) is 18.7 Å². The average Bonchev–Trinajstić information content (AvgIpc) is 2.76. The highest BCUT2D eigenvalue weighted by molar-refractivity contribution is 7.99. The number of nitrogen functional groups attached to an aromatic ring is 2. The number of anilines is 2. The number of rotatable bonds is 7. The summed E-state index contributed by atoms with van der Waals surface area (Å²) in [5.74, 6) is -0.952. The number of nitrogens with two attached hydrogens (primary N) is 2. The van der Waals surface area contributed by atoms with Gasteiger partial charge in [-0.25, -0.2) is 14.8 Å². The van der Waals surface area contributed by atoms with Crippen LogP contribution >= 0.6 is 11.8 Å². The third-order valence-corrected chi connectivity index (χ3v) is 5.36. The average molecular weight is 437 g/mol. The number of benzene rings is 1. The molecule has 158 valence electrons. The Kier molecular flexibility index (Phi) is 6.52. The summed E-state index contributed by atoms with van der Waals surface area (Å²) in [7, 11) is 0. The van der Waals surface area contributed by atoms with E-state index < -0.39 is 17.0 Å². The van der Waals surface area contributed by atoms with E-state index >= 15 is 0 Å². The van der Waals surface area contributed by atoms with Crippen molar-refractivity contribution in [1.82, 2.24) is 19.1 Å². The van der Waals surface area contributed by atoms with Crippen LogP contribution < -0.4 is 22.7 Å². The molecule has 3 rings (SSSR count). The minimum absolute atomic E-state index is 0.00304. The number of thioether (sulfide) groups is 1. The summed E-state index contributed by atoms with van der Waals surface area (Å²) in [6.45, 7) is 1.85. The fourth-order valence-corrected chi connectivity index (χ4v) is 3.61. The molecule has 0 aliphatic rings. The molecule has 11 heteroatoms. The molecule has 0 fully saturated rings. The topological polar surface area (TPSA) is 163 Å². The highest BCUT2D eigenvalue weighted by Gasteiger charge is 2.23. The van der Waals surface area contributed by atoms with E-state index in [0.29, 0.717) is 0 Å². The van der Waals surface area contributed by atoms with E-state index in [-0.39, 0.29) is 46.8 Å². The molecule has 0 atom stereocenters. The number of hydrogen-bond acceptors (Lipinski definition) is 9. The van der Waals surface area contributed by atoms with Crippen molar-refractivity contribution < 1.29 is 4.79 Å². The van der Waals surface area contributed by atoms with Gasteiger partial charge in [0.1, 0.15) is 28.8 Å². The summed E-state index contributed by atoms with van der Waals surface area (Å²) >= 11 is 0.949. The second-order valence-electron chi connectivity index (χ2n) is 6.44. The van der Waals surface area contributed by atoms with Crippen LogP contribution in [0.1, 0.15) is 28.4 Å². The van der Waals surface area contributed by atoms with Crippen molar-refractivity contribution in [2.75, 3.05) is 17.2 Å². The molecule has 3 aromatic rings. The molecule has 1 aromatic carbocycles. The Balaban J connectivity index is 1.96. The lowest BCUT2D eigenvalue weighted by Gasteiger charge is -2.15. The Bertz CT molecular complexity index is 1290. The van der Waals surface area contributed by atoms with Crippen LogP contribution in [0.5, 0.6) is 0 Å². The van der Waals surface area contributed by atoms with Gasteiger partial charge in [0, 0.05) is 6.54 Å². The van der Waals surface area contributed by atoms with Gasteiger partial charge in [0.15, 0.2) is 10.9 Å². The molecule has 0 saturated heterocycles. The third-order valence-electron chi connectivity index (χ3n) is 4.50. The van der Waals surface area contributed by atoms with Crippen LogP contribution in [0.15, 0.2) is 51.3 Å². The van der Waals surface area contributed by atoms with Gasteiger partial charge in [0.05, 0.1) is 18.5 Å². The van der Waals surface area contributed by atoms with Gasteiger partial charge in [-0.15, -0.1) is 0 Å². The molecule has 10 nitrogen and oxygen atoms in total. The van der Waals surface area contributed by atoms with E-state index in [9.17, 15) is 14.4 Å². The Morgan fingerprint density at radius 3 is 2.52 bits per heavy atom. The predicted molar refractivity (Wildman–Crippen MR) is 117 cm³/mol. The maximum atomic E-state index is 12.9. The lowest BCUT2D eigenvalue weighted by Crippen LogP contribution is -2.44. The van der Waals surface area contributed by atoms with Gasteiger partial charge in [0.2, 0.25) is 0 Å². The zero-order chi connectivity index (χ0) is 22.5. The van der Waals surface area contributed by atoms with Crippen molar-refractivity contribution in [3.63, 3.8) is 0 Å². The zero-order valence-electron chi connectivity index (χ0n) is 16.6. The van der Waals surface area contributed by atoms with Gasteiger partial charge >= 0.3 is 5.69 Å². The highest BCUT2D eigenvalue weighted by Crippen LogP contribution is 2.18. The fraction of sp³-hybridized carbons (Fsp3) is 0.200. The summed E-state index contributed by atoms with van der Waals surface area (Å²) in [6.07, 6.45) is 1.26. The Morgan fingerprint density at radius 2 is 1.90 bits per heavy atom. The first-order chi connectivity index (χ1) is 14.9. The molecule has 31 heavy (non-hydrogen) atoms. The smallest absolute Gasteiger partial charge is 0.332 e. The lowest BCUT2D eigenvalue weighted by molar-refractivity contribution is 0.102. The van der Waals surface area contributed by atoms with E-state index in [1.165, 1.54) is 10.8 Å². The number of carbonyl (C=O) groups is 1. The second-order valence-corrected chi connectivity index (χ2v) is 7.38. The molecule has 0 radical (unpaired) electrons. The first kappa shape index (κ1) is 21.8. The highest BCUT2D eigenvalue weighted by atomic mass is 32.2. The molecule has 0 saturated carbocycles. The van der Waals surface area contributed by atoms with Crippen LogP contribution in [0.4, 0.5) is 11.6 Å². The van der Waals surface area contributed by atoms with Crippen molar-refractivity contribution in [3.8, 4) is 6.07 Å². The number of aromatic nitrogens is 4. The molecule has 0 spiro atoms. The molecule has 0 aliphatic heterocycles. The number of nitriles is 1. The third kappa shape index (κ3) is 4.49. The van der Waals surface area contributed by atoms with Gasteiger partial charge in [-0.1, -0.05) is 42.1 Å². The maximum absolute atomic E-state index is 12.9. The first-order valence-electron chi connectivity index (χ1n) is 9.23. The van der Waals surface area contributed by atoms with Crippen LogP contribution in [-0.2, 0) is 13.1 Å². The molecule has 2 heterocycles. The van der Waals surface area contributed by atoms with Crippen molar-refractivity contribution >= 4 is 29.2 Å². The van der Waals surface area contributed by atoms with Gasteiger partial charge in [-0.2, -0.15) is 5.26 Å². The molecular weight excluding hydrogens is 418 g/mol. The maximum Gasteiger partial charge on any atom is 0.332 e. The quantitative estimate of drug-likeness (QED) is 0.310. The molecule has 0 bridgehead atoms. The largest absolute Gasteiger partial charge is 0.384 e. The number of ketones is 1. The van der Waals surface area contributed by atoms with Crippen LogP contribution in [0, 0.1) is 11.3 Å². The number of Topliss-reactive ketones (excluding diaryl/α,β-unsaturated/α-hetero) is 1. The Labute approximate surface area is 181 Å². The van der Waals surface area contributed by atoms with E-state index in [4.69, 9.17) is 16.7 Å². The van der Waals surface area contributed by atoms with Gasteiger partial charge in [0.25, 0.3) is 5.56 Å². The number of carbonyl (C=O) groups excluding carboxylic acids is 1. The summed E-state index contributed by atoms with van der Waals surface area (Å²) in [5, 5.41) is 9.07. The van der Waals surface area contributed by atoms with E-state index in [1.54, 1.807) is 6.92 Å². The monoisotopic (exact) mass is 437 g/mol. The number of hydrogen-bond donors (Lipinski definition) is 2. The Morgan fingerprint density at radius 1 is 1.19 bits per heavy atom. The van der Waals surface area contributed by atoms with Crippen LogP contribution in [-0.4, -0.2) is 30.6 Å². The molecule has 0 unspecified atom stereocenters. The lowest BCUT2D eigenvalue weighted by atomic mass is 10.2. The SMILES string of the molecule is CCn1c(=O)c(C(=O)CSc2ncc(C#N)c(N)n2)c(N)n(Cc2ccccc2)c1=O. The summed E-state index contributed by atoms with van der Waals surface area (Å²) < 4.78 is 2.20. The van der Waals surface area contributed by atoms with Gasteiger partial charge in [-0.05, 0) is 12.5 Å². The van der Waals surface area contributed by atoms with E-state index in [0.717, 1.165) is 21.9 Å². The normalized spacial score (nSPS) is 10.6. The summed E-state index contributed by atoms with van der Waals surface area (Å²) in [6, 6.07) is 11.0. The zero-order valence-corrected chi connectivity index (χ0v) is 17.4. The molecular formula is C20H19N7O3S. The van der Waals surface area contributed by atoms with Crippen LogP contribution in [0.25, 0.3) is 0 Å². The fourth-order valence-electron chi connectivity index (χ4n) is 2.91. The summed E-state index contributed by atoms with van der Waals surface area (Å²) in [5.41, 5.74) is 11.1. The number of nitrogens with zero attached hydrogens (tertiary/aromatic N) is 5.